The van der Waals surface area contributed by atoms with Crippen LogP contribution in [0.1, 0.15) is 25.5 Å². The van der Waals surface area contributed by atoms with Gasteiger partial charge in [-0.1, -0.05) is 37.0 Å². The van der Waals surface area contributed by atoms with E-state index in [-0.39, 0.29) is 10.9 Å². The zero-order valence-corrected chi connectivity index (χ0v) is 11.4. The fraction of sp³-hybridized carbons (Fsp3) is 0.231. The average Bonchev–Trinajstić information content (AvgIpc) is 2.27. The maximum Gasteiger partial charge on any atom is 0.162 e. The highest BCUT2D eigenvalue weighted by Crippen LogP contribution is 2.28. The molecule has 0 unspecified atom stereocenters. The number of benzene rings is 1. The Morgan fingerprint density at radius 3 is 2.44 bits per heavy atom. The highest BCUT2D eigenvalue weighted by Gasteiger charge is 2.11. The van der Waals surface area contributed by atoms with Gasteiger partial charge in [-0.05, 0) is 30.2 Å². The first-order valence-electron chi connectivity index (χ1n) is 5.47. The smallest absolute Gasteiger partial charge is 0.162 e. The first kappa shape index (κ1) is 13.2. The summed E-state index contributed by atoms with van der Waals surface area (Å²) in [7, 11) is 0. The van der Waals surface area contributed by atoms with Crippen molar-refractivity contribution in [3.05, 3.63) is 46.0 Å². The summed E-state index contributed by atoms with van der Waals surface area (Å²) < 4.78 is 13.0. The molecular weight excluding hydrogens is 274 g/mol. The van der Waals surface area contributed by atoms with Gasteiger partial charge in [0.1, 0.15) is 11.0 Å². The molecule has 0 saturated heterocycles. The Balaban J connectivity index is 2.56. The second kappa shape index (κ2) is 5.21. The van der Waals surface area contributed by atoms with E-state index in [4.69, 9.17) is 23.2 Å². The Hall–Kier alpha value is -1.19. The first-order chi connectivity index (χ1) is 8.47. The van der Waals surface area contributed by atoms with Crippen molar-refractivity contribution in [1.29, 1.82) is 0 Å². The Bertz CT molecular complexity index is 585. The van der Waals surface area contributed by atoms with E-state index >= 15 is 0 Å². The number of aromatic nitrogens is 2. The molecule has 94 valence electrons. The Labute approximate surface area is 115 Å². The second-order valence-electron chi connectivity index (χ2n) is 4.22. The van der Waals surface area contributed by atoms with Crippen molar-refractivity contribution in [2.45, 2.75) is 19.8 Å². The lowest BCUT2D eigenvalue weighted by molar-refractivity contribution is 0.628. The van der Waals surface area contributed by atoms with Crippen molar-refractivity contribution in [2.75, 3.05) is 0 Å². The zero-order chi connectivity index (χ0) is 13.3. The lowest BCUT2D eigenvalue weighted by atomic mass is 10.1. The molecule has 0 spiro atoms. The van der Waals surface area contributed by atoms with Gasteiger partial charge in [0.15, 0.2) is 5.82 Å². The van der Waals surface area contributed by atoms with Crippen molar-refractivity contribution < 1.29 is 4.39 Å². The van der Waals surface area contributed by atoms with Gasteiger partial charge in [-0.25, -0.2) is 14.4 Å². The maximum absolute atomic E-state index is 13.0. The van der Waals surface area contributed by atoms with Crippen LogP contribution in [0.2, 0.25) is 10.2 Å². The number of halogens is 3. The highest BCUT2D eigenvalue weighted by molar-refractivity contribution is 6.33. The van der Waals surface area contributed by atoms with Crippen LogP contribution in [0.3, 0.4) is 0 Å². The monoisotopic (exact) mass is 284 g/mol. The molecule has 0 fully saturated rings. The summed E-state index contributed by atoms with van der Waals surface area (Å²) in [6.07, 6.45) is 0. The van der Waals surface area contributed by atoms with Gasteiger partial charge in [0.25, 0.3) is 0 Å². The molecule has 2 aromatic rings. The van der Waals surface area contributed by atoms with E-state index < -0.39 is 5.82 Å². The molecule has 1 heterocycles. The second-order valence-corrected chi connectivity index (χ2v) is 5.01. The van der Waals surface area contributed by atoms with E-state index in [0.29, 0.717) is 16.5 Å². The van der Waals surface area contributed by atoms with Crippen LogP contribution in [0.25, 0.3) is 11.4 Å². The lowest BCUT2D eigenvalue weighted by Crippen LogP contribution is -1.98. The van der Waals surface area contributed by atoms with Gasteiger partial charge >= 0.3 is 0 Å². The van der Waals surface area contributed by atoms with Crippen LogP contribution in [0, 0.1) is 5.82 Å². The number of rotatable bonds is 2. The number of hydrogen-bond donors (Lipinski definition) is 0. The Morgan fingerprint density at radius 1 is 1.11 bits per heavy atom. The summed E-state index contributed by atoms with van der Waals surface area (Å²) in [5.74, 6) is 0.245. The molecule has 1 aromatic heterocycles. The summed E-state index contributed by atoms with van der Waals surface area (Å²) in [5, 5.41) is 0.621. The standard InChI is InChI=1S/C13H11Cl2FN2/c1-7(2)11-6-12(15)18-13(17-11)9-4-3-8(16)5-10(9)14/h3-7H,1-2H3. The third-order valence-electron chi connectivity index (χ3n) is 2.48. The van der Waals surface area contributed by atoms with Crippen molar-refractivity contribution in [3.8, 4) is 11.4 Å². The molecule has 0 atom stereocenters. The van der Waals surface area contributed by atoms with Gasteiger partial charge in [0.05, 0.1) is 5.02 Å². The van der Waals surface area contributed by atoms with E-state index in [0.717, 1.165) is 5.69 Å². The molecule has 0 aliphatic rings. The van der Waals surface area contributed by atoms with Gasteiger partial charge in [-0.3, -0.25) is 0 Å². The van der Waals surface area contributed by atoms with Crippen LogP contribution in [0.15, 0.2) is 24.3 Å². The van der Waals surface area contributed by atoms with E-state index in [9.17, 15) is 4.39 Å². The minimum Gasteiger partial charge on any atom is -0.233 e. The lowest BCUT2D eigenvalue weighted by Gasteiger charge is -2.08. The molecule has 0 saturated carbocycles. The summed E-state index contributed by atoms with van der Waals surface area (Å²) in [5.41, 5.74) is 1.40. The summed E-state index contributed by atoms with van der Waals surface area (Å²) in [6, 6.07) is 5.82. The summed E-state index contributed by atoms with van der Waals surface area (Å²) >= 11 is 11.9. The number of hydrogen-bond acceptors (Lipinski definition) is 2. The normalized spacial score (nSPS) is 11.0. The topological polar surface area (TPSA) is 25.8 Å². The fourth-order valence-corrected chi connectivity index (χ4v) is 1.97. The molecule has 0 bridgehead atoms. The van der Waals surface area contributed by atoms with Crippen molar-refractivity contribution >= 4 is 23.2 Å². The van der Waals surface area contributed by atoms with Crippen LogP contribution in [0.5, 0.6) is 0 Å². The third-order valence-corrected chi connectivity index (χ3v) is 2.98. The van der Waals surface area contributed by atoms with Crippen LogP contribution in [0.4, 0.5) is 4.39 Å². The molecule has 5 heteroatoms. The van der Waals surface area contributed by atoms with Gasteiger partial charge in [-0.2, -0.15) is 0 Å². The Kier molecular flexibility index (Phi) is 3.83. The molecule has 2 rings (SSSR count). The van der Waals surface area contributed by atoms with E-state index in [1.807, 2.05) is 13.8 Å². The van der Waals surface area contributed by atoms with Crippen LogP contribution in [-0.2, 0) is 0 Å². The van der Waals surface area contributed by atoms with E-state index in [2.05, 4.69) is 9.97 Å². The largest absolute Gasteiger partial charge is 0.233 e. The highest BCUT2D eigenvalue weighted by atomic mass is 35.5. The molecule has 0 aliphatic heterocycles. The molecule has 18 heavy (non-hydrogen) atoms. The first-order valence-corrected chi connectivity index (χ1v) is 6.23. The van der Waals surface area contributed by atoms with Gasteiger partial charge in [0.2, 0.25) is 0 Å². The van der Waals surface area contributed by atoms with Crippen molar-refractivity contribution in [2.24, 2.45) is 0 Å². The minimum atomic E-state index is -0.394. The van der Waals surface area contributed by atoms with Gasteiger partial charge in [0, 0.05) is 11.3 Å². The molecule has 2 nitrogen and oxygen atoms in total. The molecule has 0 amide bonds. The maximum atomic E-state index is 13.0. The predicted octanol–water partition coefficient (Wildman–Crippen LogP) is 4.71. The van der Waals surface area contributed by atoms with Crippen LogP contribution in [-0.4, -0.2) is 9.97 Å². The van der Waals surface area contributed by atoms with Crippen molar-refractivity contribution in [3.63, 3.8) is 0 Å². The van der Waals surface area contributed by atoms with E-state index in [1.54, 1.807) is 12.1 Å². The average molecular weight is 285 g/mol. The zero-order valence-electron chi connectivity index (χ0n) is 9.92. The fourth-order valence-electron chi connectivity index (χ4n) is 1.52. The van der Waals surface area contributed by atoms with Crippen LogP contribution >= 0.6 is 23.2 Å². The van der Waals surface area contributed by atoms with E-state index in [1.165, 1.54) is 12.1 Å². The third kappa shape index (κ3) is 2.79. The minimum absolute atomic E-state index is 0.225. The molecular formula is C13H11Cl2FN2. The van der Waals surface area contributed by atoms with Crippen LogP contribution < -0.4 is 0 Å². The molecule has 1 aromatic carbocycles. The van der Waals surface area contributed by atoms with Gasteiger partial charge < -0.3 is 0 Å². The quantitative estimate of drug-likeness (QED) is 0.746. The molecule has 0 radical (unpaired) electrons. The predicted molar refractivity (Wildman–Crippen MR) is 71.5 cm³/mol. The SMILES string of the molecule is CC(C)c1cc(Cl)nc(-c2ccc(F)cc2Cl)n1. The summed E-state index contributed by atoms with van der Waals surface area (Å²) in [4.78, 5) is 8.52. The van der Waals surface area contributed by atoms with Crippen molar-refractivity contribution in [1.82, 2.24) is 9.97 Å². The molecule has 0 N–H and O–H groups in total. The number of nitrogens with zero attached hydrogens (tertiary/aromatic N) is 2. The van der Waals surface area contributed by atoms with Gasteiger partial charge in [-0.15, -0.1) is 0 Å². The molecule has 0 aliphatic carbocycles. The Morgan fingerprint density at radius 2 is 1.83 bits per heavy atom. The summed E-state index contributed by atoms with van der Waals surface area (Å²) in [6.45, 7) is 4.02.